The van der Waals surface area contributed by atoms with Gasteiger partial charge in [-0.15, -0.1) is 11.8 Å². The fourth-order valence-corrected chi connectivity index (χ4v) is 3.54. The Labute approximate surface area is 166 Å². The maximum Gasteiger partial charge on any atom is 0.191 e. The van der Waals surface area contributed by atoms with Crippen LogP contribution in [0.1, 0.15) is 12.5 Å². The lowest BCUT2D eigenvalue weighted by molar-refractivity contribution is 0.354. The molecular weight excluding hydrogens is 358 g/mol. The molecule has 2 aromatic carbocycles. The van der Waals surface area contributed by atoms with Gasteiger partial charge in [0, 0.05) is 30.3 Å². The Bertz CT molecular complexity index is 723. The van der Waals surface area contributed by atoms with E-state index < -0.39 is 0 Å². The molecule has 0 aromatic heterocycles. The molecule has 0 amide bonds. The van der Waals surface area contributed by atoms with Crippen molar-refractivity contribution < 1.29 is 9.47 Å². The molecule has 1 unspecified atom stereocenters. The second-order valence-electron chi connectivity index (χ2n) is 6.06. The summed E-state index contributed by atoms with van der Waals surface area (Å²) in [5.74, 6) is 2.32. The van der Waals surface area contributed by atoms with Crippen molar-refractivity contribution in [1.82, 2.24) is 10.6 Å². The van der Waals surface area contributed by atoms with E-state index in [4.69, 9.17) is 9.47 Å². The third-order valence-corrected chi connectivity index (χ3v) is 5.13. The lowest BCUT2D eigenvalue weighted by Gasteiger charge is -2.16. The Morgan fingerprint density at radius 3 is 2.44 bits per heavy atom. The standard InChI is InChI=1S/C21H29N3O2S/c1-16(27-18-8-6-5-7-9-18)15-24-21(22-2)23-13-12-17-10-11-19(25-3)20(14-17)26-4/h5-11,14,16H,12-13,15H2,1-4H3,(H2,22,23,24). The number of ether oxygens (including phenoxy) is 2. The van der Waals surface area contributed by atoms with Crippen LogP contribution in [0.4, 0.5) is 0 Å². The first kappa shape index (κ1) is 21.0. The van der Waals surface area contributed by atoms with E-state index >= 15 is 0 Å². The molecule has 2 N–H and O–H groups in total. The van der Waals surface area contributed by atoms with Crippen molar-refractivity contribution in [3.8, 4) is 11.5 Å². The van der Waals surface area contributed by atoms with Crippen LogP contribution in [0, 0.1) is 0 Å². The predicted molar refractivity (Wildman–Crippen MR) is 114 cm³/mol. The Kier molecular flexibility index (Phi) is 8.84. The zero-order chi connectivity index (χ0) is 19.5. The second kappa shape index (κ2) is 11.4. The van der Waals surface area contributed by atoms with Crippen molar-refractivity contribution in [2.75, 3.05) is 34.4 Å². The third kappa shape index (κ3) is 7.06. The summed E-state index contributed by atoms with van der Waals surface area (Å²) in [5.41, 5.74) is 1.18. The van der Waals surface area contributed by atoms with Gasteiger partial charge in [-0.2, -0.15) is 0 Å². The number of aliphatic imine (C=N–C) groups is 1. The van der Waals surface area contributed by atoms with E-state index in [0.29, 0.717) is 5.25 Å². The van der Waals surface area contributed by atoms with Crippen molar-refractivity contribution in [3.05, 3.63) is 54.1 Å². The van der Waals surface area contributed by atoms with Crippen molar-refractivity contribution in [3.63, 3.8) is 0 Å². The van der Waals surface area contributed by atoms with Gasteiger partial charge in [-0.3, -0.25) is 4.99 Å². The number of hydrogen-bond donors (Lipinski definition) is 2. The molecule has 0 aliphatic carbocycles. The molecule has 0 aliphatic heterocycles. The van der Waals surface area contributed by atoms with Crippen molar-refractivity contribution >= 4 is 17.7 Å². The number of nitrogens with one attached hydrogen (secondary N) is 2. The summed E-state index contributed by atoms with van der Waals surface area (Å²) in [6.07, 6.45) is 0.870. The minimum atomic E-state index is 0.441. The van der Waals surface area contributed by atoms with Gasteiger partial charge < -0.3 is 20.1 Å². The quantitative estimate of drug-likeness (QED) is 0.391. The van der Waals surface area contributed by atoms with Crippen molar-refractivity contribution in [1.29, 1.82) is 0 Å². The van der Waals surface area contributed by atoms with E-state index in [2.05, 4.69) is 52.9 Å². The van der Waals surface area contributed by atoms with Gasteiger partial charge in [-0.1, -0.05) is 31.2 Å². The van der Waals surface area contributed by atoms with E-state index in [1.165, 1.54) is 10.5 Å². The van der Waals surface area contributed by atoms with Crippen LogP contribution in [0.25, 0.3) is 0 Å². The Morgan fingerprint density at radius 1 is 1.04 bits per heavy atom. The summed E-state index contributed by atoms with van der Waals surface area (Å²) in [7, 11) is 5.09. The predicted octanol–water partition coefficient (Wildman–Crippen LogP) is 3.59. The molecule has 0 bridgehead atoms. The highest BCUT2D eigenvalue weighted by Crippen LogP contribution is 2.27. The molecule has 27 heavy (non-hydrogen) atoms. The van der Waals surface area contributed by atoms with Crippen molar-refractivity contribution in [2.24, 2.45) is 4.99 Å². The molecule has 1 atom stereocenters. The number of nitrogens with zero attached hydrogens (tertiary/aromatic N) is 1. The molecule has 0 saturated heterocycles. The summed E-state index contributed by atoms with van der Waals surface area (Å²) in [4.78, 5) is 5.58. The van der Waals surface area contributed by atoms with Crippen LogP contribution in [0.15, 0.2) is 58.4 Å². The molecule has 0 fully saturated rings. The Hall–Kier alpha value is -2.34. The number of benzene rings is 2. The largest absolute Gasteiger partial charge is 0.493 e. The molecule has 0 saturated carbocycles. The maximum absolute atomic E-state index is 5.36. The summed E-state index contributed by atoms with van der Waals surface area (Å²) in [6.45, 7) is 3.84. The van der Waals surface area contributed by atoms with E-state index in [-0.39, 0.29) is 0 Å². The van der Waals surface area contributed by atoms with Gasteiger partial charge in [-0.25, -0.2) is 0 Å². The van der Waals surface area contributed by atoms with Gasteiger partial charge in [0.1, 0.15) is 0 Å². The monoisotopic (exact) mass is 387 g/mol. The maximum atomic E-state index is 5.36. The summed E-state index contributed by atoms with van der Waals surface area (Å²) >= 11 is 1.85. The first-order valence-corrected chi connectivity index (χ1v) is 9.91. The average Bonchev–Trinajstić information content (AvgIpc) is 2.71. The fourth-order valence-electron chi connectivity index (χ4n) is 2.60. The van der Waals surface area contributed by atoms with Gasteiger partial charge in [0.2, 0.25) is 0 Å². The third-order valence-electron chi connectivity index (χ3n) is 4.02. The summed E-state index contributed by atoms with van der Waals surface area (Å²) < 4.78 is 10.6. The average molecular weight is 388 g/mol. The van der Waals surface area contributed by atoms with Gasteiger partial charge >= 0.3 is 0 Å². The van der Waals surface area contributed by atoms with Crippen LogP contribution in [0.5, 0.6) is 11.5 Å². The van der Waals surface area contributed by atoms with Gasteiger partial charge in [-0.05, 0) is 36.2 Å². The summed E-state index contributed by atoms with van der Waals surface area (Å²) in [6, 6.07) is 16.4. The first-order chi connectivity index (χ1) is 13.2. The molecule has 2 aromatic rings. The van der Waals surface area contributed by atoms with Crippen molar-refractivity contribution in [2.45, 2.75) is 23.5 Å². The Morgan fingerprint density at radius 2 is 1.78 bits per heavy atom. The van der Waals surface area contributed by atoms with Crippen LogP contribution in [-0.4, -0.2) is 45.6 Å². The molecule has 5 nitrogen and oxygen atoms in total. The topological polar surface area (TPSA) is 54.9 Å². The van der Waals surface area contributed by atoms with Crippen LogP contribution in [0.3, 0.4) is 0 Å². The van der Waals surface area contributed by atoms with E-state index in [0.717, 1.165) is 37.0 Å². The van der Waals surface area contributed by atoms with E-state index in [9.17, 15) is 0 Å². The van der Waals surface area contributed by atoms with Crippen LogP contribution in [0.2, 0.25) is 0 Å². The molecule has 0 heterocycles. The molecule has 0 radical (unpaired) electrons. The van der Waals surface area contributed by atoms with E-state index in [1.807, 2.05) is 30.0 Å². The highest BCUT2D eigenvalue weighted by molar-refractivity contribution is 8.00. The van der Waals surface area contributed by atoms with Crippen LogP contribution >= 0.6 is 11.8 Å². The highest BCUT2D eigenvalue weighted by atomic mass is 32.2. The zero-order valence-corrected chi connectivity index (χ0v) is 17.3. The first-order valence-electron chi connectivity index (χ1n) is 9.03. The summed E-state index contributed by atoms with van der Waals surface area (Å²) in [5, 5.41) is 7.19. The fraction of sp³-hybridized carbons (Fsp3) is 0.381. The second-order valence-corrected chi connectivity index (χ2v) is 7.57. The molecule has 2 rings (SSSR count). The molecule has 0 spiro atoms. The number of rotatable bonds is 9. The number of methoxy groups -OCH3 is 2. The van der Waals surface area contributed by atoms with Gasteiger partial charge in [0.15, 0.2) is 17.5 Å². The lowest BCUT2D eigenvalue weighted by atomic mass is 10.1. The molecule has 0 aliphatic rings. The van der Waals surface area contributed by atoms with Crippen LogP contribution in [-0.2, 0) is 6.42 Å². The number of thioether (sulfide) groups is 1. The number of guanidine groups is 1. The minimum absolute atomic E-state index is 0.441. The zero-order valence-electron chi connectivity index (χ0n) is 16.5. The molecule has 146 valence electrons. The SMILES string of the molecule is CN=C(NCCc1ccc(OC)c(OC)c1)NCC(C)Sc1ccccc1. The van der Waals surface area contributed by atoms with Crippen LogP contribution < -0.4 is 20.1 Å². The smallest absolute Gasteiger partial charge is 0.191 e. The van der Waals surface area contributed by atoms with Gasteiger partial charge in [0.25, 0.3) is 0 Å². The Balaban J connectivity index is 1.75. The highest BCUT2D eigenvalue weighted by Gasteiger charge is 2.07. The normalized spacial score (nSPS) is 12.4. The van der Waals surface area contributed by atoms with E-state index in [1.54, 1.807) is 21.3 Å². The molecular formula is C21H29N3O2S. The molecule has 6 heteroatoms. The van der Waals surface area contributed by atoms with Gasteiger partial charge in [0.05, 0.1) is 14.2 Å². The lowest BCUT2D eigenvalue weighted by Crippen LogP contribution is -2.40. The number of hydrogen-bond acceptors (Lipinski definition) is 4. The minimum Gasteiger partial charge on any atom is -0.493 e.